The number of nitro benzene ring substituents is 1. The van der Waals surface area contributed by atoms with Gasteiger partial charge < -0.3 is 20.2 Å². The van der Waals surface area contributed by atoms with E-state index in [2.05, 4.69) is 15.6 Å². The van der Waals surface area contributed by atoms with Crippen LogP contribution in [0, 0.1) is 10.1 Å². The van der Waals surface area contributed by atoms with Crippen molar-refractivity contribution in [2.75, 3.05) is 18.4 Å². The molecule has 35 heavy (non-hydrogen) atoms. The number of nitro groups is 1. The highest BCUT2D eigenvalue weighted by molar-refractivity contribution is 6.09. The molecule has 2 aromatic heterocycles. The third kappa shape index (κ3) is 4.31. The highest BCUT2D eigenvalue weighted by atomic mass is 16.6. The average Bonchev–Trinajstić information content (AvgIpc) is 3.26. The number of amides is 2. The first-order valence-electron chi connectivity index (χ1n) is 11.3. The Morgan fingerprint density at radius 2 is 1.83 bits per heavy atom. The highest BCUT2D eigenvalue weighted by Crippen LogP contribution is 2.27. The van der Waals surface area contributed by atoms with Crippen LogP contribution in [0.1, 0.15) is 6.42 Å². The van der Waals surface area contributed by atoms with Crippen LogP contribution in [0.5, 0.6) is 0 Å². The van der Waals surface area contributed by atoms with Crippen molar-refractivity contribution in [3.63, 3.8) is 0 Å². The van der Waals surface area contributed by atoms with Gasteiger partial charge in [-0.25, -0.2) is 4.79 Å². The molecule has 0 aliphatic heterocycles. The molecule has 9 nitrogen and oxygen atoms in total. The molecule has 2 heterocycles. The summed E-state index contributed by atoms with van der Waals surface area (Å²) in [6.45, 7) is 0.892. The van der Waals surface area contributed by atoms with Gasteiger partial charge in [-0.1, -0.05) is 36.4 Å². The molecular weight excluding hydrogens is 444 g/mol. The zero-order valence-electron chi connectivity index (χ0n) is 19.1. The van der Waals surface area contributed by atoms with Crippen LogP contribution in [0.25, 0.3) is 32.8 Å². The van der Waals surface area contributed by atoms with Crippen molar-refractivity contribution < 1.29 is 9.72 Å². The Morgan fingerprint density at radius 3 is 2.63 bits per heavy atom. The molecule has 0 saturated carbocycles. The van der Waals surface area contributed by atoms with Crippen molar-refractivity contribution in [2.24, 2.45) is 12.0 Å². The Balaban J connectivity index is 1.48. The zero-order valence-corrected chi connectivity index (χ0v) is 19.1. The van der Waals surface area contributed by atoms with Crippen molar-refractivity contribution in [1.82, 2.24) is 14.9 Å². The maximum atomic E-state index is 12.1. The molecule has 0 fully saturated rings. The second kappa shape index (κ2) is 9.30. The summed E-state index contributed by atoms with van der Waals surface area (Å²) in [5.41, 5.74) is 3.45. The smallest absolute Gasteiger partial charge is 0.319 e. The van der Waals surface area contributed by atoms with Gasteiger partial charge in [0.05, 0.1) is 21.2 Å². The SMILES string of the molecule is Cn1c2ccc([N+](=O)[O-])cc2c(=NCCCNC(=O)Nc2ccccc2)c2c3ccccc3[nH]c21. The van der Waals surface area contributed by atoms with Gasteiger partial charge in [-0.3, -0.25) is 15.1 Å². The summed E-state index contributed by atoms with van der Waals surface area (Å²) >= 11 is 0. The van der Waals surface area contributed by atoms with Crippen LogP contribution in [0.2, 0.25) is 0 Å². The zero-order chi connectivity index (χ0) is 24.4. The van der Waals surface area contributed by atoms with Gasteiger partial charge in [0.15, 0.2) is 0 Å². The number of aryl methyl sites for hydroxylation is 1. The number of urea groups is 1. The van der Waals surface area contributed by atoms with Gasteiger partial charge in [0.1, 0.15) is 5.65 Å². The molecule has 0 spiro atoms. The number of para-hydroxylation sites is 2. The summed E-state index contributed by atoms with van der Waals surface area (Å²) in [7, 11) is 1.94. The van der Waals surface area contributed by atoms with Crippen LogP contribution in [0.15, 0.2) is 77.8 Å². The number of benzene rings is 3. The van der Waals surface area contributed by atoms with Gasteiger partial charge in [-0.05, 0) is 30.7 Å². The number of carbonyl (C=O) groups excluding carboxylic acids is 1. The highest BCUT2D eigenvalue weighted by Gasteiger charge is 2.15. The number of non-ortho nitro benzene ring substituents is 1. The van der Waals surface area contributed by atoms with Gasteiger partial charge >= 0.3 is 6.03 Å². The molecule has 176 valence electrons. The van der Waals surface area contributed by atoms with E-state index in [0.717, 1.165) is 33.1 Å². The number of rotatable bonds is 6. The summed E-state index contributed by atoms with van der Waals surface area (Å²) < 4.78 is 2.00. The number of hydrogen-bond acceptors (Lipinski definition) is 4. The quantitative estimate of drug-likeness (QED) is 0.188. The second-order valence-electron chi connectivity index (χ2n) is 8.24. The first kappa shape index (κ1) is 22.1. The minimum Gasteiger partial charge on any atom is -0.341 e. The maximum absolute atomic E-state index is 12.1. The molecular formula is C26H24N6O3. The molecule has 0 aliphatic rings. The molecule has 0 radical (unpaired) electrons. The summed E-state index contributed by atoms with van der Waals surface area (Å²) in [4.78, 5) is 31.5. The third-order valence-corrected chi connectivity index (χ3v) is 5.99. The number of hydrogen-bond donors (Lipinski definition) is 3. The normalized spacial score (nSPS) is 11.9. The lowest BCUT2D eigenvalue weighted by atomic mass is 10.1. The van der Waals surface area contributed by atoms with E-state index in [1.165, 1.54) is 6.07 Å². The molecule has 2 amide bonds. The number of H-pyrrole nitrogens is 1. The van der Waals surface area contributed by atoms with Crippen molar-refractivity contribution >= 4 is 50.2 Å². The third-order valence-electron chi connectivity index (χ3n) is 5.99. The van der Waals surface area contributed by atoms with Crippen LogP contribution < -0.4 is 16.0 Å². The molecule has 0 aliphatic carbocycles. The molecule has 0 bridgehead atoms. The number of carbonyl (C=O) groups is 1. The fourth-order valence-electron chi connectivity index (χ4n) is 4.33. The van der Waals surface area contributed by atoms with Crippen molar-refractivity contribution in [1.29, 1.82) is 0 Å². The fourth-order valence-corrected chi connectivity index (χ4v) is 4.33. The topological polar surface area (TPSA) is 117 Å². The number of fused-ring (bicyclic) bond motifs is 4. The molecule has 5 aromatic rings. The predicted octanol–water partition coefficient (Wildman–Crippen LogP) is 4.83. The predicted molar refractivity (Wildman–Crippen MR) is 137 cm³/mol. The first-order chi connectivity index (χ1) is 17.0. The average molecular weight is 469 g/mol. The lowest BCUT2D eigenvalue weighted by molar-refractivity contribution is -0.384. The standard InChI is InChI=1S/C26H24N6O3/c1-31-22-13-12-18(32(34)35)16-20(22)24(23-19-10-5-6-11-21(19)30-25(23)31)27-14-7-15-28-26(33)29-17-8-3-2-4-9-17/h2-6,8-13,16,30H,7,14-15H2,1H3,(H2,28,29,33). The number of nitrogens with zero attached hydrogens (tertiary/aromatic N) is 3. The molecule has 3 aromatic carbocycles. The molecule has 9 heteroatoms. The number of pyridine rings is 1. The van der Waals surface area contributed by atoms with Crippen LogP contribution in [-0.4, -0.2) is 33.6 Å². The van der Waals surface area contributed by atoms with Gasteiger partial charge in [-0.2, -0.15) is 0 Å². The van der Waals surface area contributed by atoms with Crippen LogP contribution >= 0.6 is 0 Å². The van der Waals surface area contributed by atoms with E-state index in [4.69, 9.17) is 4.99 Å². The van der Waals surface area contributed by atoms with E-state index in [1.807, 2.05) is 66.2 Å². The number of nitrogens with one attached hydrogen (secondary N) is 3. The Kier molecular flexibility index (Phi) is 5.88. The number of aromatic nitrogens is 2. The van der Waals surface area contributed by atoms with Crippen molar-refractivity contribution in [2.45, 2.75) is 6.42 Å². The number of aromatic amines is 1. The largest absolute Gasteiger partial charge is 0.341 e. The van der Waals surface area contributed by atoms with Gasteiger partial charge in [0.25, 0.3) is 5.69 Å². The van der Waals surface area contributed by atoms with Crippen molar-refractivity contribution in [3.8, 4) is 0 Å². The fraction of sp³-hybridized carbons (Fsp3) is 0.154. The van der Waals surface area contributed by atoms with Gasteiger partial charge in [-0.15, -0.1) is 0 Å². The summed E-state index contributed by atoms with van der Waals surface area (Å²) in [5.74, 6) is 0. The summed E-state index contributed by atoms with van der Waals surface area (Å²) in [6.07, 6.45) is 0.615. The summed E-state index contributed by atoms with van der Waals surface area (Å²) in [5, 5.41) is 20.5. The first-order valence-corrected chi connectivity index (χ1v) is 11.3. The minimum absolute atomic E-state index is 0.0207. The van der Waals surface area contributed by atoms with Crippen molar-refractivity contribution in [3.05, 3.63) is 88.3 Å². The van der Waals surface area contributed by atoms with Gasteiger partial charge in [0, 0.05) is 54.2 Å². The van der Waals surface area contributed by atoms with Gasteiger partial charge in [0.2, 0.25) is 0 Å². The summed E-state index contributed by atoms with van der Waals surface area (Å²) in [6, 6.07) is 21.8. The maximum Gasteiger partial charge on any atom is 0.319 e. The number of anilines is 1. The lowest BCUT2D eigenvalue weighted by Crippen LogP contribution is -2.29. The molecule has 0 atom stereocenters. The van der Waals surface area contributed by atoms with Crippen LogP contribution in [0.3, 0.4) is 0 Å². The van der Waals surface area contributed by atoms with E-state index in [-0.39, 0.29) is 11.7 Å². The Bertz CT molecular complexity index is 1640. The van der Waals surface area contributed by atoms with Crippen LogP contribution in [-0.2, 0) is 7.05 Å². The van der Waals surface area contributed by atoms with E-state index in [9.17, 15) is 14.9 Å². The Labute approximate surface area is 200 Å². The van der Waals surface area contributed by atoms with E-state index in [0.29, 0.717) is 30.3 Å². The van der Waals surface area contributed by atoms with E-state index in [1.54, 1.807) is 12.1 Å². The molecule has 5 rings (SSSR count). The Morgan fingerprint density at radius 1 is 1.06 bits per heavy atom. The minimum atomic E-state index is -0.391. The monoisotopic (exact) mass is 468 g/mol. The second-order valence-corrected chi connectivity index (χ2v) is 8.24. The lowest BCUT2D eigenvalue weighted by Gasteiger charge is -2.10. The molecule has 0 unspecified atom stereocenters. The molecule has 3 N–H and O–H groups in total. The molecule has 0 saturated heterocycles. The Hall–Kier alpha value is -4.66. The van der Waals surface area contributed by atoms with E-state index < -0.39 is 4.92 Å². The van der Waals surface area contributed by atoms with Crippen LogP contribution in [0.4, 0.5) is 16.2 Å². The van der Waals surface area contributed by atoms with E-state index >= 15 is 0 Å².